The normalized spacial score (nSPS) is 17.2. The second-order valence-electron chi connectivity index (χ2n) is 3.96. The fraction of sp³-hybridized carbons (Fsp3) is 0.500. The Morgan fingerprint density at radius 2 is 2.33 bits per heavy atom. The van der Waals surface area contributed by atoms with Gasteiger partial charge in [-0.2, -0.15) is 4.39 Å². The molecule has 0 aliphatic rings. The van der Waals surface area contributed by atoms with Crippen LogP contribution in [-0.2, 0) is 5.54 Å². The zero-order valence-corrected chi connectivity index (χ0v) is 10.3. The minimum atomic E-state index is -0.922. The summed E-state index contributed by atoms with van der Waals surface area (Å²) in [5.74, 6) is -0.594. The van der Waals surface area contributed by atoms with Gasteiger partial charge in [0.2, 0.25) is 5.95 Å². The van der Waals surface area contributed by atoms with Crippen molar-refractivity contribution < 1.29 is 9.50 Å². The highest BCUT2D eigenvalue weighted by Gasteiger charge is 2.27. The second-order valence-corrected chi connectivity index (χ2v) is 4.88. The van der Waals surface area contributed by atoms with Crippen LogP contribution in [0, 0.1) is 5.95 Å². The Hall–Kier alpha value is -0.520. The van der Waals surface area contributed by atoms with Crippen molar-refractivity contribution in [3.63, 3.8) is 0 Å². The first kappa shape index (κ1) is 12.5. The molecule has 0 saturated heterocycles. The third-order valence-electron chi connectivity index (χ3n) is 2.14. The number of aliphatic hydroxyl groups is 1. The van der Waals surface area contributed by atoms with E-state index in [1.54, 1.807) is 19.9 Å². The van der Waals surface area contributed by atoms with Crippen LogP contribution < -0.4 is 5.73 Å². The Labute approximate surface area is 96.6 Å². The molecule has 0 aliphatic heterocycles. The molecule has 0 amide bonds. The van der Waals surface area contributed by atoms with Gasteiger partial charge in [0, 0.05) is 21.8 Å². The molecule has 1 aromatic heterocycles. The van der Waals surface area contributed by atoms with Crippen LogP contribution in [0.1, 0.15) is 25.8 Å². The molecule has 0 aliphatic carbocycles. The average molecular weight is 277 g/mol. The molecule has 0 unspecified atom stereocenters. The van der Waals surface area contributed by atoms with Gasteiger partial charge in [-0.15, -0.1) is 0 Å². The van der Waals surface area contributed by atoms with Gasteiger partial charge in [-0.05, 0) is 42.3 Å². The van der Waals surface area contributed by atoms with Gasteiger partial charge >= 0.3 is 0 Å². The van der Waals surface area contributed by atoms with Crippen LogP contribution in [0.3, 0.4) is 0 Å². The molecule has 0 spiro atoms. The first-order valence-corrected chi connectivity index (χ1v) is 5.40. The van der Waals surface area contributed by atoms with E-state index in [1.165, 1.54) is 6.20 Å². The van der Waals surface area contributed by atoms with E-state index in [0.29, 0.717) is 10.0 Å². The van der Waals surface area contributed by atoms with E-state index in [9.17, 15) is 9.50 Å². The summed E-state index contributed by atoms with van der Waals surface area (Å²) in [6.07, 6.45) is 1.07. The van der Waals surface area contributed by atoms with Crippen LogP contribution in [0.4, 0.5) is 4.39 Å². The van der Waals surface area contributed by atoms with Gasteiger partial charge in [-0.25, -0.2) is 4.98 Å². The first-order chi connectivity index (χ1) is 6.83. The summed E-state index contributed by atoms with van der Waals surface area (Å²) in [6.45, 7) is 3.29. The molecule has 84 valence electrons. The van der Waals surface area contributed by atoms with Gasteiger partial charge < -0.3 is 10.8 Å². The first-order valence-electron chi connectivity index (χ1n) is 4.61. The molecule has 1 heterocycles. The Kier molecular flexibility index (Phi) is 3.81. The van der Waals surface area contributed by atoms with Gasteiger partial charge in [0.15, 0.2) is 0 Å². The van der Waals surface area contributed by atoms with Crippen LogP contribution in [0.5, 0.6) is 0 Å². The van der Waals surface area contributed by atoms with E-state index in [1.807, 2.05) is 0 Å². The Balaban J connectivity index is 3.08. The lowest BCUT2D eigenvalue weighted by molar-refractivity contribution is 0.152. The number of hydrogen-bond donors (Lipinski definition) is 2. The molecule has 1 rings (SSSR count). The molecule has 15 heavy (non-hydrogen) atoms. The third kappa shape index (κ3) is 3.22. The Morgan fingerprint density at radius 3 is 2.87 bits per heavy atom. The number of rotatable bonds is 3. The summed E-state index contributed by atoms with van der Waals surface area (Å²) in [4.78, 5) is 3.58. The second kappa shape index (κ2) is 4.55. The largest absolute Gasteiger partial charge is 0.393 e. The fourth-order valence-corrected chi connectivity index (χ4v) is 1.88. The quantitative estimate of drug-likeness (QED) is 0.830. The number of aromatic nitrogens is 1. The van der Waals surface area contributed by atoms with E-state index < -0.39 is 17.6 Å². The molecule has 0 bridgehead atoms. The van der Waals surface area contributed by atoms with Crippen molar-refractivity contribution in [3.05, 3.63) is 28.2 Å². The number of nitrogens with two attached hydrogens (primary N) is 1. The predicted octanol–water partition coefficient (Wildman–Crippen LogP) is 1.93. The number of halogens is 2. The van der Waals surface area contributed by atoms with Crippen molar-refractivity contribution in [3.8, 4) is 0 Å². The third-order valence-corrected chi connectivity index (χ3v) is 2.57. The lowest BCUT2D eigenvalue weighted by Gasteiger charge is -2.26. The predicted molar refractivity (Wildman–Crippen MR) is 59.7 cm³/mol. The molecule has 0 fully saturated rings. The summed E-state index contributed by atoms with van der Waals surface area (Å²) < 4.78 is 14.1. The minimum Gasteiger partial charge on any atom is -0.393 e. The van der Waals surface area contributed by atoms with Gasteiger partial charge in [-0.3, -0.25) is 0 Å². The topological polar surface area (TPSA) is 59.1 Å². The lowest BCUT2D eigenvalue weighted by Crippen LogP contribution is -2.37. The van der Waals surface area contributed by atoms with Gasteiger partial charge in [0.05, 0.1) is 6.10 Å². The summed E-state index contributed by atoms with van der Waals surface area (Å²) in [5.41, 5.74) is 5.33. The van der Waals surface area contributed by atoms with Gasteiger partial charge in [-0.1, -0.05) is 0 Å². The van der Waals surface area contributed by atoms with E-state index >= 15 is 0 Å². The number of aliphatic hydroxyl groups excluding tert-OH is 1. The molecule has 5 heteroatoms. The zero-order valence-electron chi connectivity index (χ0n) is 8.67. The molecule has 0 aromatic carbocycles. The van der Waals surface area contributed by atoms with Gasteiger partial charge in [0.25, 0.3) is 0 Å². The summed E-state index contributed by atoms with van der Waals surface area (Å²) in [6, 6.07) is 1.59. The lowest BCUT2D eigenvalue weighted by atomic mass is 9.88. The Morgan fingerprint density at radius 1 is 1.73 bits per heavy atom. The SMILES string of the molecule is C[C@H](O)C[C@@](C)(N)c1cc(Br)cnc1F. The molecule has 2 atom stereocenters. The van der Waals surface area contributed by atoms with Crippen molar-refractivity contribution in [1.82, 2.24) is 4.98 Å². The van der Waals surface area contributed by atoms with Crippen molar-refractivity contribution in [1.29, 1.82) is 0 Å². The number of hydrogen-bond acceptors (Lipinski definition) is 3. The van der Waals surface area contributed by atoms with Crippen LogP contribution in [-0.4, -0.2) is 16.2 Å². The maximum atomic E-state index is 13.4. The van der Waals surface area contributed by atoms with Crippen LogP contribution in [0.2, 0.25) is 0 Å². The molecule has 3 N–H and O–H groups in total. The monoisotopic (exact) mass is 276 g/mol. The van der Waals surface area contributed by atoms with Crippen molar-refractivity contribution in [2.75, 3.05) is 0 Å². The molecular weight excluding hydrogens is 263 g/mol. The van der Waals surface area contributed by atoms with Crippen molar-refractivity contribution in [2.24, 2.45) is 5.73 Å². The molecule has 1 aromatic rings. The molecular formula is C10H14BrFN2O. The fourth-order valence-electron chi connectivity index (χ4n) is 1.55. The van der Waals surface area contributed by atoms with E-state index in [4.69, 9.17) is 5.73 Å². The van der Waals surface area contributed by atoms with Crippen molar-refractivity contribution >= 4 is 15.9 Å². The maximum absolute atomic E-state index is 13.4. The standard InChI is InChI=1S/C10H14BrFN2O/c1-6(15)4-10(2,13)8-3-7(11)5-14-9(8)12/h3,5-6,15H,4,13H2,1-2H3/t6-,10+/m0/s1. The highest BCUT2D eigenvalue weighted by Crippen LogP contribution is 2.27. The van der Waals surface area contributed by atoms with E-state index in [-0.39, 0.29) is 6.42 Å². The van der Waals surface area contributed by atoms with Crippen molar-refractivity contribution in [2.45, 2.75) is 31.9 Å². The highest BCUT2D eigenvalue weighted by atomic mass is 79.9. The van der Waals surface area contributed by atoms with Gasteiger partial charge in [0.1, 0.15) is 0 Å². The number of pyridine rings is 1. The van der Waals surface area contributed by atoms with Crippen LogP contribution >= 0.6 is 15.9 Å². The number of nitrogens with zero attached hydrogens (tertiary/aromatic N) is 1. The zero-order chi connectivity index (χ0) is 11.6. The maximum Gasteiger partial charge on any atom is 0.217 e. The van der Waals surface area contributed by atoms with Crippen LogP contribution in [0.15, 0.2) is 16.7 Å². The molecule has 0 saturated carbocycles. The summed E-state index contributed by atoms with van der Waals surface area (Å²) in [5, 5.41) is 9.27. The smallest absolute Gasteiger partial charge is 0.217 e. The summed E-state index contributed by atoms with van der Waals surface area (Å²) >= 11 is 3.21. The Bertz CT molecular complexity index is 355. The van der Waals surface area contributed by atoms with Crippen LogP contribution in [0.25, 0.3) is 0 Å². The minimum absolute atomic E-state index is 0.280. The molecule has 3 nitrogen and oxygen atoms in total. The highest BCUT2D eigenvalue weighted by molar-refractivity contribution is 9.10. The van der Waals surface area contributed by atoms with E-state index in [0.717, 1.165) is 0 Å². The van der Waals surface area contributed by atoms with E-state index in [2.05, 4.69) is 20.9 Å². The molecule has 0 radical (unpaired) electrons. The average Bonchev–Trinajstić information content (AvgIpc) is 2.06. The summed E-state index contributed by atoms with van der Waals surface area (Å²) in [7, 11) is 0.